The number of hydrogen-bond acceptors (Lipinski definition) is 6. The predicted molar refractivity (Wildman–Crippen MR) is 68.0 cm³/mol. The average Bonchev–Trinajstić information content (AvgIpc) is 2.38. The van der Waals surface area contributed by atoms with Gasteiger partial charge < -0.3 is 15.2 Å². The highest BCUT2D eigenvalue weighted by molar-refractivity contribution is 5.48. The van der Waals surface area contributed by atoms with Crippen LogP contribution in [-0.2, 0) is 0 Å². The Kier molecular flexibility index (Phi) is 4.67. The first-order valence-electron chi connectivity index (χ1n) is 5.55. The zero-order valence-corrected chi connectivity index (χ0v) is 10.8. The van der Waals surface area contributed by atoms with Gasteiger partial charge in [0, 0.05) is 12.5 Å². The Labute approximate surface area is 110 Å². The predicted octanol–water partition coefficient (Wildman–Crippen LogP) is 1.61. The third-order valence-corrected chi connectivity index (χ3v) is 2.49. The maximum atomic E-state index is 10.7. The van der Waals surface area contributed by atoms with E-state index in [9.17, 15) is 10.1 Å². The van der Waals surface area contributed by atoms with Crippen molar-refractivity contribution < 1.29 is 14.4 Å². The number of nitro benzene ring substituents is 1. The standard InChI is InChI=1S/C12H15N3O4/c1-12(14,8-13)5-6-19-11-7-9(15(16)17)3-4-10(11)18-2/h3-4,7H,5-6,14H2,1-2H3. The lowest BCUT2D eigenvalue weighted by molar-refractivity contribution is -0.385. The first-order valence-corrected chi connectivity index (χ1v) is 5.55. The minimum absolute atomic E-state index is 0.0911. The number of non-ortho nitro benzene ring substituents is 1. The Morgan fingerprint density at radius 1 is 1.53 bits per heavy atom. The number of nitrogens with two attached hydrogens (primary N) is 1. The lowest BCUT2D eigenvalue weighted by atomic mass is 10.0. The molecule has 0 fully saturated rings. The van der Waals surface area contributed by atoms with Gasteiger partial charge in [0.2, 0.25) is 0 Å². The molecule has 0 saturated heterocycles. The summed E-state index contributed by atoms with van der Waals surface area (Å²) in [4.78, 5) is 10.2. The highest BCUT2D eigenvalue weighted by Crippen LogP contribution is 2.31. The number of nitrogens with zero attached hydrogens (tertiary/aromatic N) is 2. The molecule has 0 amide bonds. The zero-order valence-electron chi connectivity index (χ0n) is 10.8. The third kappa shape index (κ3) is 4.12. The van der Waals surface area contributed by atoms with Crippen molar-refractivity contribution >= 4 is 5.69 Å². The average molecular weight is 265 g/mol. The van der Waals surface area contributed by atoms with E-state index in [1.54, 1.807) is 6.92 Å². The molecule has 0 spiro atoms. The molecule has 0 aliphatic rings. The Bertz CT molecular complexity index is 508. The summed E-state index contributed by atoms with van der Waals surface area (Å²) < 4.78 is 10.4. The zero-order chi connectivity index (χ0) is 14.5. The maximum Gasteiger partial charge on any atom is 0.273 e. The van der Waals surface area contributed by atoms with E-state index in [0.29, 0.717) is 12.2 Å². The highest BCUT2D eigenvalue weighted by Gasteiger charge is 2.18. The van der Waals surface area contributed by atoms with Crippen molar-refractivity contribution in [3.63, 3.8) is 0 Å². The van der Waals surface area contributed by atoms with Crippen LogP contribution in [0.25, 0.3) is 0 Å². The summed E-state index contributed by atoms with van der Waals surface area (Å²) in [5.74, 6) is 0.645. The second kappa shape index (κ2) is 6.02. The van der Waals surface area contributed by atoms with Gasteiger partial charge in [-0.1, -0.05) is 0 Å². The number of nitriles is 1. The van der Waals surface area contributed by atoms with Gasteiger partial charge in [-0.15, -0.1) is 0 Å². The minimum atomic E-state index is -0.992. The van der Waals surface area contributed by atoms with E-state index >= 15 is 0 Å². The molecule has 7 heteroatoms. The molecule has 1 aromatic carbocycles. The smallest absolute Gasteiger partial charge is 0.273 e. The molecule has 1 rings (SSSR count). The van der Waals surface area contributed by atoms with Crippen LogP contribution in [0.3, 0.4) is 0 Å². The summed E-state index contributed by atoms with van der Waals surface area (Å²) in [6, 6.07) is 6.01. The lowest BCUT2D eigenvalue weighted by Gasteiger charge is -2.16. The number of ether oxygens (including phenoxy) is 2. The summed E-state index contributed by atoms with van der Waals surface area (Å²) in [5, 5.41) is 19.4. The van der Waals surface area contributed by atoms with E-state index in [-0.39, 0.29) is 18.0 Å². The lowest BCUT2D eigenvalue weighted by Crippen LogP contribution is -2.35. The summed E-state index contributed by atoms with van der Waals surface area (Å²) in [6.07, 6.45) is 0.301. The number of methoxy groups -OCH3 is 1. The van der Waals surface area contributed by atoms with E-state index in [2.05, 4.69) is 0 Å². The van der Waals surface area contributed by atoms with Crippen molar-refractivity contribution in [2.24, 2.45) is 5.73 Å². The van der Waals surface area contributed by atoms with Gasteiger partial charge in [-0.25, -0.2) is 0 Å². The first kappa shape index (κ1) is 14.7. The summed E-state index contributed by atoms with van der Waals surface area (Å²) >= 11 is 0. The highest BCUT2D eigenvalue weighted by atomic mass is 16.6. The van der Waals surface area contributed by atoms with Crippen molar-refractivity contribution in [1.29, 1.82) is 5.26 Å². The van der Waals surface area contributed by atoms with Gasteiger partial charge in [-0.3, -0.25) is 10.1 Å². The van der Waals surface area contributed by atoms with Crippen LogP contribution >= 0.6 is 0 Å². The fraction of sp³-hybridized carbons (Fsp3) is 0.417. The fourth-order valence-electron chi connectivity index (χ4n) is 1.32. The third-order valence-electron chi connectivity index (χ3n) is 2.49. The van der Waals surface area contributed by atoms with Crippen LogP contribution in [-0.4, -0.2) is 24.2 Å². The van der Waals surface area contributed by atoms with Crippen LogP contribution in [0.4, 0.5) is 5.69 Å². The van der Waals surface area contributed by atoms with Crippen molar-refractivity contribution in [1.82, 2.24) is 0 Å². The van der Waals surface area contributed by atoms with Crippen LogP contribution in [0.2, 0.25) is 0 Å². The number of benzene rings is 1. The molecule has 1 aromatic rings. The molecule has 0 radical (unpaired) electrons. The Morgan fingerprint density at radius 2 is 2.21 bits per heavy atom. The molecular weight excluding hydrogens is 250 g/mol. The summed E-state index contributed by atoms with van der Waals surface area (Å²) in [5.41, 5.74) is 4.57. The molecule has 102 valence electrons. The summed E-state index contributed by atoms with van der Waals surface area (Å²) in [7, 11) is 1.44. The Balaban J connectivity index is 2.79. The van der Waals surface area contributed by atoms with Gasteiger partial charge in [0.05, 0.1) is 30.8 Å². The van der Waals surface area contributed by atoms with Gasteiger partial charge in [0.1, 0.15) is 5.54 Å². The molecule has 2 N–H and O–H groups in total. The molecule has 7 nitrogen and oxygen atoms in total. The SMILES string of the molecule is COc1ccc([N+](=O)[O-])cc1OCCC(C)(N)C#N. The molecule has 0 heterocycles. The van der Waals surface area contributed by atoms with E-state index in [4.69, 9.17) is 20.5 Å². The molecule has 1 atom stereocenters. The van der Waals surface area contributed by atoms with E-state index in [1.165, 1.54) is 25.3 Å². The normalized spacial score (nSPS) is 13.2. The van der Waals surface area contributed by atoms with Crippen LogP contribution < -0.4 is 15.2 Å². The first-order chi connectivity index (χ1) is 8.89. The molecule has 0 aromatic heterocycles. The van der Waals surface area contributed by atoms with Gasteiger partial charge in [0.15, 0.2) is 11.5 Å². The van der Waals surface area contributed by atoms with Gasteiger partial charge in [-0.05, 0) is 13.0 Å². The molecule has 19 heavy (non-hydrogen) atoms. The summed E-state index contributed by atoms with van der Waals surface area (Å²) in [6.45, 7) is 1.75. The minimum Gasteiger partial charge on any atom is -0.493 e. The second-order valence-electron chi connectivity index (χ2n) is 4.22. The van der Waals surface area contributed by atoms with Gasteiger partial charge >= 0.3 is 0 Å². The monoisotopic (exact) mass is 265 g/mol. The molecular formula is C12H15N3O4. The van der Waals surface area contributed by atoms with Crippen LogP contribution in [0.5, 0.6) is 11.5 Å². The van der Waals surface area contributed by atoms with E-state index in [1.807, 2.05) is 6.07 Å². The Hall–Kier alpha value is -2.33. The molecule has 1 unspecified atom stereocenters. The van der Waals surface area contributed by atoms with E-state index < -0.39 is 10.5 Å². The van der Waals surface area contributed by atoms with E-state index in [0.717, 1.165) is 0 Å². The van der Waals surface area contributed by atoms with Gasteiger partial charge in [-0.2, -0.15) is 5.26 Å². The molecule has 0 bridgehead atoms. The van der Waals surface area contributed by atoms with Crippen molar-refractivity contribution in [3.05, 3.63) is 28.3 Å². The number of rotatable bonds is 6. The van der Waals surface area contributed by atoms with Crippen molar-refractivity contribution in [3.8, 4) is 17.6 Å². The second-order valence-corrected chi connectivity index (χ2v) is 4.22. The molecule has 0 saturated carbocycles. The van der Waals surface area contributed by atoms with Crippen molar-refractivity contribution in [2.75, 3.05) is 13.7 Å². The van der Waals surface area contributed by atoms with Crippen molar-refractivity contribution in [2.45, 2.75) is 18.9 Å². The largest absolute Gasteiger partial charge is 0.493 e. The van der Waals surface area contributed by atoms with Crippen LogP contribution in [0.1, 0.15) is 13.3 Å². The number of nitro groups is 1. The van der Waals surface area contributed by atoms with Crippen LogP contribution in [0.15, 0.2) is 18.2 Å². The quantitative estimate of drug-likeness (QED) is 0.617. The topological polar surface area (TPSA) is 111 Å². The van der Waals surface area contributed by atoms with Crippen LogP contribution in [0, 0.1) is 21.4 Å². The maximum absolute atomic E-state index is 10.7. The Morgan fingerprint density at radius 3 is 2.74 bits per heavy atom. The number of hydrogen-bond donors (Lipinski definition) is 1. The molecule has 0 aliphatic carbocycles. The molecule has 0 aliphatic heterocycles. The fourth-order valence-corrected chi connectivity index (χ4v) is 1.32. The van der Waals surface area contributed by atoms with Gasteiger partial charge in [0.25, 0.3) is 5.69 Å².